The molecule has 1 N–H and O–H groups in total. The topological polar surface area (TPSA) is 109 Å². The highest BCUT2D eigenvalue weighted by Gasteiger charge is 2.26. The summed E-state index contributed by atoms with van der Waals surface area (Å²) in [6.45, 7) is 0.698. The summed E-state index contributed by atoms with van der Waals surface area (Å²) >= 11 is 2.74. The van der Waals surface area contributed by atoms with Crippen molar-refractivity contribution in [2.75, 3.05) is 30.8 Å². The molecule has 1 aliphatic rings. The van der Waals surface area contributed by atoms with E-state index in [2.05, 4.69) is 9.98 Å². The third-order valence-electron chi connectivity index (χ3n) is 4.77. The van der Waals surface area contributed by atoms with Crippen LogP contribution >= 0.6 is 23.1 Å². The molecular weight excluding hydrogens is 478 g/mol. The van der Waals surface area contributed by atoms with Crippen molar-refractivity contribution in [3.8, 4) is 0 Å². The van der Waals surface area contributed by atoms with E-state index in [4.69, 9.17) is 4.18 Å². The van der Waals surface area contributed by atoms with Gasteiger partial charge >= 0.3 is 0 Å². The molecule has 0 saturated carbocycles. The number of aromatic amines is 1. The highest BCUT2D eigenvalue weighted by atomic mass is 32.2. The van der Waals surface area contributed by atoms with Crippen molar-refractivity contribution in [2.24, 2.45) is 4.99 Å². The molecule has 0 bridgehead atoms. The molecule has 2 aromatic heterocycles. The molecule has 3 aromatic rings. The zero-order chi connectivity index (χ0) is 22.2. The van der Waals surface area contributed by atoms with E-state index in [1.807, 2.05) is 18.2 Å². The number of anilines is 1. The molecule has 0 saturated heterocycles. The van der Waals surface area contributed by atoms with Crippen LogP contribution in [0.5, 0.6) is 0 Å². The number of thioether (sulfide) groups is 1. The molecule has 31 heavy (non-hydrogen) atoms. The number of H-pyrrole nitrogens is 1. The van der Waals surface area contributed by atoms with Gasteiger partial charge in [-0.25, -0.2) is 8.42 Å². The Morgan fingerprint density at radius 2 is 2.03 bits per heavy atom. The van der Waals surface area contributed by atoms with Crippen LogP contribution in [0.25, 0.3) is 10.9 Å². The van der Waals surface area contributed by atoms with Gasteiger partial charge in [-0.15, -0.1) is 11.3 Å². The Hall–Kier alpha value is -1.86. The first-order chi connectivity index (χ1) is 14.6. The molecule has 0 spiro atoms. The Balaban J connectivity index is 1.55. The Bertz CT molecular complexity index is 1330. The molecular formula is C19H21N3O5S4. The van der Waals surface area contributed by atoms with Crippen LogP contribution in [-0.4, -0.2) is 58.6 Å². The van der Waals surface area contributed by atoms with Crippen molar-refractivity contribution < 1.29 is 21.0 Å². The third kappa shape index (κ3) is 4.82. The van der Waals surface area contributed by atoms with Crippen molar-refractivity contribution in [1.29, 1.82) is 0 Å². The van der Waals surface area contributed by atoms with Gasteiger partial charge in [-0.2, -0.15) is 8.42 Å². The summed E-state index contributed by atoms with van der Waals surface area (Å²) in [6, 6.07) is 10.8. The molecule has 3 heterocycles. The van der Waals surface area contributed by atoms with Gasteiger partial charge in [0, 0.05) is 17.7 Å². The quantitative estimate of drug-likeness (QED) is 0.477. The Morgan fingerprint density at radius 3 is 2.74 bits per heavy atom. The van der Waals surface area contributed by atoms with E-state index in [1.54, 1.807) is 42.4 Å². The highest BCUT2D eigenvalue weighted by molar-refractivity contribution is 8.15. The number of nitrogens with one attached hydrogen (secondary N) is 1. The third-order valence-corrected chi connectivity index (χ3v) is 9.80. The van der Waals surface area contributed by atoms with Crippen molar-refractivity contribution in [2.45, 2.75) is 15.9 Å². The smallest absolute Gasteiger partial charge is 0.273 e. The average molecular weight is 500 g/mol. The number of rotatable bonds is 8. The van der Waals surface area contributed by atoms with Gasteiger partial charge in [0.05, 0.1) is 36.3 Å². The number of fused-ring (bicyclic) bond motifs is 1. The number of aliphatic imine (C=N–C) groups is 1. The molecule has 166 valence electrons. The second-order valence-electron chi connectivity index (χ2n) is 7.03. The fourth-order valence-corrected chi connectivity index (χ4v) is 7.07. The number of sulfonamides is 1. The fraction of sp³-hybridized carbons (Fsp3) is 0.316. The minimum Gasteiger partial charge on any atom is -0.351 e. The van der Waals surface area contributed by atoms with Crippen molar-refractivity contribution in [3.63, 3.8) is 0 Å². The normalized spacial score (nSPS) is 17.2. The van der Waals surface area contributed by atoms with Crippen LogP contribution < -0.4 is 4.31 Å². The van der Waals surface area contributed by atoms with Crippen molar-refractivity contribution in [3.05, 3.63) is 47.5 Å². The number of hydrogen-bond acceptors (Lipinski definition) is 8. The Kier molecular flexibility index (Phi) is 6.19. The lowest BCUT2D eigenvalue weighted by atomic mass is 10.2. The highest BCUT2D eigenvalue weighted by Crippen LogP contribution is 2.34. The number of benzene rings is 1. The lowest BCUT2D eigenvalue weighted by molar-refractivity contribution is 0.315. The van der Waals surface area contributed by atoms with Crippen LogP contribution in [0.15, 0.2) is 51.0 Å². The molecule has 1 unspecified atom stereocenters. The summed E-state index contributed by atoms with van der Waals surface area (Å²) in [6.07, 6.45) is 1.60. The van der Waals surface area contributed by atoms with Gasteiger partial charge < -0.3 is 4.98 Å². The monoisotopic (exact) mass is 499 g/mol. The molecule has 0 aliphatic carbocycles. The Morgan fingerprint density at radius 1 is 1.23 bits per heavy atom. The molecule has 12 heteroatoms. The maximum Gasteiger partial charge on any atom is 0.273 e. The molecule has 8 nitrogen and oxygen atoms in total. The predicted molar refractivity (Wildman–Crippen MR) is 126 cm³/mol. The summed E-state index contributed by atoms with van der Waals surface area (Å²) in [5, 5.41) is 3.56. The van der Waals surface area contributed by atoms with E-state index in [0.717, 1.165) is 22.4 Å². The van der Waals surface area contributed by atoms with E-state index in [-0.39, 0.29) is 16.1 Å². The van der Waals surface area contributed by atoms with Gasteiger partial charge in [-0.1, -0.05) is 30.0 Å². The molecule has 1 aliphatic heterocycles. The molecule has 0 fully saturated rings. The van der Waals surface area contributed by atoms with Crippen LogP contribution in [0.3, 0.4) is 0 Å². The SMILES string of the molecule is CN(c1cccc2cc(C3=NCC(CCOS(C)(=O)=O)S3)[nH]c12)S(=O)(=O)c1cccs1. The minimum atomic E-state index is -3.65. The van der Waals surface area contributed by atoms with Gasteiger partial charge in [0.2, 0.25) is 0 Å². The number of thiophene rings is 1. The Labute approximate surface area is 189 Å². The van der Waals surface area contributed by atoms with Gasteiger partial charge in [0.15, 0.2) is 0 Å². The first kappa shape index (κ1) is 22.3. The number of aromatic nitrogens is 1. The predicted octanol–water partition coefficient (Wildman–Crippen LogP) is 3.28. The van der Waals surface area contributed by atoms with E-state index in [0.29, 0.717) is 24.2 Å². The summed E-state index contributed by atoms with van der Waals surface area (Å²) in [5.74, 6) is 0. The number of para-hydroxylation sites is 1. The van der Waals surface area contributed by atoms with E-state index in [9.17, 15) is 16.8 Å². The molecule has 0 amide bonds. The molecule has 0 radical (unpaired) electrons. The summed E-state index contributed by atoms with van der Waals surface area (Å²) < 4.78 is 54.5. The van der Waals surface area contributed by atoms with Crippen LogP contribution in [0, 0.1) is 0 Å². The first-order valence-electron chi connectivity index (χ1n) is 9.35. The second-order valence-corrected chi connectivity index (χ2v) is 13.1. The minimum absolute atomic E-state index is 0.127. The van der Waals surface area contributed by atoms with E-state index >= 15 is 0 Å². The van der Waals surface area contributed by atoms with Crippen molar-refractivity contribution >= 4 is 64.9 Å². The second kappa shape index (κ2) is 8.58. The summed E-state index contributed by atoms with van der Waals surface area (Å²) in [4.78, 5) is 7.90. The largest absolute Gasteiger partial charge is 0.351 e. The zero-order valence-electron chi connectivity index (χ0n) is 16.8. The maximum absolute atomic E-state index is 13.0. The lowest BCUT2D eigenvalue weighted by Crippen LogP contribution is -2.26. The molecule has 1 atom stereocenters. The van der Waals surface area contributed by atoms with Gasteiger partial charge in [-0.05, 0) is 30.0 Å². The van der Waals surface area contributed by atoms with E-state index in [1.165, 1.54) is 15.6 Å². The number of hydrogen-bond donors (Lipinski definition) is 1. The summed E-state index contributed by atoms with van der Waals surface area (Å²) in [5.41, 5.74) is 2.08. The summed E-state index contributed by atoms with van der Waals surface area (Å²) in [7, 11) is -5.55. The fourth-order valence-electron chi connectivity index (χ4n) is 3.24. The van der Waals surface area contributed by atoms with E-state index < -0.39 is 20.1 Å². The average Bonchev–Trinajstić information content (AvgIpc) is 3.45. The lowest BCUT2D eigenvalue weighted by Gasteiger charge is -2.19. The maximum atomic E-state index is 13.0. The van der Waals surface area contributed by atoms with Gasteiger partial charge in [-0.3, -0.25) is 13.5 Å². The van der Waals surface area contributed by atoms with Gasteiger partial charge in [0.25, 0.3) is 20.1 Å². The van der Waals surface area contributed by atoms with Crippen LogP contribution in [0.2, 0.25) is 0 Å². The van der Waals surface area contributed by atoms with Gasteiger partial charge in [0.1, 0.15) is 9.25 Å². The standard InChI is InChI=1S/C19H21N3O5S4/c1-22(31(25,26)17-7-4-10-28-17)16-6-3-5-13-11-15(21-18(13)16)19-20-12-14(29-19)8-9-27-30(2,23)24/h3-7,10-11,14,21H,8-9,12H2,1-2H3. The first-order valence-corrected chi connectivity index (χ1v) is 14.4. The van der Waals surface area contributed by atoms with Crippen LogP contribution in [0.4, 0.5) is 5.69 Å². The van der Waals surface area contributed by atoms with Crippen LogP contribution in [0.1, 0.15) is 12.1 Å². The number of nitrogens with zero attached hydrogens (tertiary/aromatic N) is 2. The zero-order valence-corrected chi connectivity index (χ0v) is 20.1. The molecule has 4 rings (SSSR count). The molecule has 1 aromatic carbocycles. The van der Waals surface area contributed by atoms with Crippen molar-refractivity contribution in [1.82, 2.24) is 4.98 Å². The van der Waals surface area contributed by atoms with Crippen LogP contribution in [-0.2, 0) is 24.3 Å².